The highest BCUT2D eigenvalue weighted by Crippen LogP contribution is 2.27. The van der Waals surface area contributed by atoms with Crippen molar-refractivity contribution in [2.24, 2.45) is 0 Å². The summed E-state index contributed by atoms with van der Waals surface area (Å²) in [6, 6.07) is 12.4. The summed E-state index contributed by atoms with van der Waals surface area (Å²) in [6.07, 6.45) is 0.698. The van der Waals surface area contributed by atoms with Gasteiger partial charge in [-0.15, -0.1) is 0 Å². The van der Waals surface area contributed by atoms with E-state index in [-0.39, 0.29) is 17.1 Å². The zero-order valence-electron chi connectivity index (χ0n) is 9.39. The third-order valence-corrected chi connectivity index (χ3v) is 2.34. The van der Waals surface area contributed by atoms with E-state index < -0.39 is 11.6 Å². The van der Waals surface area contributed by atoms with Crippen LogP contribution in [0.2, 0.25) is 0 Å². The molecule has 3 nitrogen and oxygen atoms in total. The number of benzene rings is 2. The maximum absolute atomic E-state index is 13.4. The van der Waals surface area contributed by atoms with Gasteiger partial charge in [0.2, 0.25) is 5.78 Å². The molecule has 0 aliphatic carbocycles. The van der Waals surface area contributed by atoms with Gasteiger partial charge in [-0.1, -0.05) is 24.3 Å². The lowest BCUT2D eigenvalue weighted by Gasteiger charge is -2.09. The van der Waals surface area contributed by atoms with Gasteiger partial charge in [0.05, 0.1) is 11.8 Å². The summed E-state index contributed by atoms with van der Waals surface area (Å²) in [5.41, 5.74) is 0.232. The van der Waals surface area contributed by atoms with Crippen molar-refractivity contribution in [3.8, 4) is 11.5 Å². The number of hydrogen-bond acceptors (Lipinski definition) is 3. The molecular weight excluding hydrogens is 233 g/mol. The monoisotopic (exact) mass is 243 g/mol. The fraction of sp³-hybridized carbons (Fsp3) is 0. The molecule has 2 aromatic rings. The van der Waals surface area contributed by atoms with Crippen molar-refractivity contribution in [3.05, 3.63) is 59.9 Å². The molecule has 0 amide bonds. The molecule has 2 aromatic carbocycles. The van der Waals surface area contributed by atoms with Crippen LogP contribution in [0, 0.1) is 11.2 Å². The molecule has 0 aliphatic heterocycles. The van der Waals surface area contributed by atoms with Crippen LogP contribution in [-0.4, -0.2) is 12.0 Å². The largest absolute Gasteiger partial charge is 0.454 e. The summed E-state index contributed by atoms with van der Waals surface area (Å²) in [5, 5.41) is 6.96. The second kappa shape index (κ2) is 5.23. The van der Waals surface area contributed by atoms with Gasteiger partial charge >= 0.3 is 0 Å². The van der Waals surface area contributed by atoms with Gasteiger partial charge in [-0.25, -0.2) is 4.39 Å². The summed E-state index contributed by atoms with van der Waals surface area (Å²) in [5.74, 6) is -0.713. The Hall–Kier alpha value is -2.49. The minimum atomic E-state index is -0.505. The van der Waals surface area contributed by atoms with Crippen LogP contribution in [0.15, 0.2) is 48.5 Å². The first-order valence-electron chi connectivity index (χ1n) is 5.28. The molecule has 2 rings (SSSR count). The zero-order chi connectivity index (χ0) is 13.0. The summed E-state index contributed by atoms with van der Waals surface area (Å²) >= 11 is 0. The number of Topliss-reactive ketones (excluding diaryl/α,β-unsaturated/α-hetero) is 1. The Morgan fingerprint density at radius 3 is 2.33 bits per heavy atom. The van der Waals surface area contributed by atoms with Crippen LogP contribution < -0.4 is 4.74 Å². The van der Waals surface area contributed by atoms with E-state index in [0.717, 1.165) is 0 Å². The summed E-state index contributed by atoms with van der Waals surface area (Å²) in [6.45, 7) is 0. The molecule has 0 bridgehead atoms. The highest BCUT2D eigenvalue weighted by atomic mass is 19.1. The first kappa shape index (κ1) is 12.0. The number of carbonyl (C=O) groups is 1. The summed E-state index contributed by atoms with van der Waals surface area (Å²) < 4.78 is 18.8. The molecule has 4 heteroatoms. The molecule has 0 fully saturated rings. The molecule has 0 radical (unpaired) electrons. The number of hydrogen-bond donors (Lipinski definition) is 1. The molecule has 0 spiro atoms. The third-order valence-electron chi connectivity index (χ3n) is 2.34. The van der Waals surface area contributed by atoms with Gasteiger partial charge in [0.25, 0.3) is 0 Å². The molecule has 0 atom stereocenters. The number of rotatable bonds is 4. The van der Waals surface area contributed by atoms with E-state index in [9.17, 15) is 9.18 Å². The number of para-hydroxylation sites is 2. The Kier molecular flexibility index (Phi) is 3.48. The zero-order valence-corrected chi connectivity index (χ0v) is 9.39. The summed E-state index contributed by atoms with van der Waals surface area (Å²) in [7, 11) is 0. The number of halogens is 1. The Morgan fingerprint density at radius 2 is 1.67 bits per heavy atom. The minimum Gasteiger partial charge on any atom is -0.454 e. The van der Waals surface area contributed by atoms with E-state index in [1.54, 1.807) is 30.3 Å². The average molecular weight is 243 g/mol. The van der Waals surface area contributed by atoms with E-state index >= 15 is 0 Å². The molecule has 90 valence electrons. The Morgan fingerprint density at radius 1 is 1.06 bits per heavy atom. The van der Waals surface area contributed by atoms with Crippen LogP contribution in [-0.2, 0) is 0 Å². The average Bonchev–Trinajstić information content (AvgIpc) is 2.41. The standard InChI is InChI=1S/C14H10FNO2/c15-11-6-2-4-8-14(11)18-13-7-3-1-5-10(13)12(17)9-16/h1-9,16H. The Labute approximate surface area is 103 Å². The van der Waals surface area contributed by atoms with Gasteiger partial charge in [0.15, 0.2) is 11.6 Å². The highest BCUT2D eigenvalue weighted by Gasteiger charge is 2.11. The molecule has 18 heavy (non-hydrogen) atoms. The van der Waals surface area contributed by atoms with Crippen molar-refractivity contribution >= 4 is 12.0 Å². The second-order valence-electron chi connectivity index (χ2n) is 3.54. The SMILES string of the molecule is N=CC(=O)c1ccccc1Oc1ccccc1F. The smallest absolute Gasteiger partial charge is 0.207 e. The van der Waals surface area contributed by atoms with Crippen molar-refractivity contribution < 1.29 is 13.9 Å². The maximum atomic E-state index is 13.4. The molecule has 0 saturated carbocycles. The van der Waals surface area contributed by atoms with Crippen molar-refractivity contribution in [2.75, 3.05) is 0 Å². The van der Waals surface area contributed by atoms with Crippen molar-refractivity contribution in [1.29, 1.82) is 5.41 Å². The maximum Gasteiger partial charge on any atom is 0.207 e. The Bertz CT molecular complexity index is 596. The highest BCUT2D eigenvalue weighted by molar-refractivity contribution is 6.35. The van der Waals surface area contributed by atoms with E-state index in [1.165, 1.54) is 18.2 Å². The van der Waals surface area contributed by atoms with E-state index in [2.05, 4.69) is 0 Å². The number of ketones is 1. The van der Waals surface area contributed by atoms with Gasteiger partial charge in [0, 0.05) is 0 Å². The van der Waals surface area contributed by atoms with Gasteiger partial charge in [-0.2, -0.15) is 0 Å². The Balaban J connectivity index is 2.38. The molecule has 0 unspecified atom stereocenters. The van der Waals surface area contributed by atoms with Crippen LogP contribution in [0.4, 0.5) is 4.39 Å². The van der Waals surface area contributed by atoms with Crippen LogP contribution in [0.25, 0.3) is 0 Å². The first-order chi connectivity index (χ1) is 8.72. The third kappa shape index (κ3) is 2.43. The van der Waals surface area contributed by atoms with Crippen molar-refractivity contribution in [2.45, 2.75) is 0 Å². The molecular formula is C14H10FNO2. The topological polar surface area (TPSA) is 50.2 Å². The van der Waals surface area contributed by atoms with Gasteiger partial charge in [-0.3, -0.25) is 4.79 Å². The van der Waals surface area contributed by atoms with Gasteiger partial charge in [-0.05, 0) is 24.3 Å². The number of nitrogens with one attached hydrogen (secondary N) is 1. The van der Waals surface area contributed by atoms with Crippen LogP contribution >= 0.6 is 0 Å². The van der Waals surface area contributed by atoms with E-state index in [4.69, 9.17) is 10.1 Å². The minimum absolute atomic E-state index is 0.0442. The lowest BCUT2D eigenvalue weighted by atomic mass is 10.1. The second-order valence-corrected chi connectivity index (χ2v) is 3.54. The van der Waals surface area contributed by atoms with Gasteiger partial charge < -0.3 is 10.1 Å². The lowest BCUT2D eigenvalue weighted by Crippen LogP contribution is -2.02. The quantitative estimate of drug-likeness (QED) is 0.660. The van der Waals surface area contributed by atoms with Crippen molar-refractivity contribution in [1.82, 2.24) is 0 Å². The molecule has 0 saturated heterocycles. The summed E-state index contributed by atoms with van der Waals surface area (Å²) in [4.78, 5) is 11.5. The molecule has 0 heterocycles. The predicted molar refractivity (Wildman–Crippen MR) is 66.0 cm³/mol. The van der Waals surface area contributed by atoms with E-state index in [1.807, 2.05) is 0 Å². The van der Waals surface area contributed by atoms with Crippen molar-refractivity contribution in [3.63, 3.8) is 0 Å². The number of carbonyl (C=O) groups excluding carboxylic acids is 1. The molecule has 1 N–H and O–H groups in total. The first-order valence-corrected chi connectivity index (χ1v) is 5.28. The van der Waals surface area contributed by atoms with Gasteiger partial charge in [0.1, 0.15) is 5.75 Å². The fourth-order valence-electron chi connectivity index (χ4n) is 1.48. The number of ether oxygens (including phenoxy) is 1. The normalized spacial score (nSPS) is 9.83. The van der Waals surface area contributed by atoms with Crippen LogP contribution in [0.5, 0.6) is 11.5 Å². The van der Waals surface area contributed by atoms with Crippen LogP contribution in [0.3, 0.4) is 0 Å². The van der Waals surface area contributed by atoms with E-state index in [0.29, 0.717) is 6.21 Å². The fourth-order valence-corrected chi connectivity index (χ4v) is 1.48. The van der Waals surface area contributed by atoms with Crippen LogP contribution in [0.1, 0.15) is 10.4 Å². The molecule has 0 aliphatic rings. The predicted octanol–water partition coefficient (Wildman–Crippen LogP) is 3.45. The lowest BCUT2D eigenvalue weighted by molar-refractivity contribution is 0.106. The molecule has 0 aromatic heterocycles.